The van der Waals surface area contributed by atoms with E-state index in [1.54, 1.807) is 32.3 Å². The SMILES string of the molecule is CC(=O)Nc1cc(B2OC(C)(C)C(C)(C)O2)ccc1C(=O)N(C)C. The highest BCUT2D eigenvalue weighted by atomic mass is 16.7. The largest absolute Gasteiger partial charge is 0.494 e. The van der Waals surface area contributed by atoms with E-state index in [1.807, 2.05) is 27.7 Å². The van der Waals surface area contributed by atoms with Gasteiger partial charge in [0.15, 0.2) is 0 Å². The molecule has 0 bridgehead atoms. The molecule has 0 saturated carbocycles. The van der Waals surface area contributed by atoms with Gasteiger partial charge in [-0.05, 0) is 45.3 Å². The van der Waals surface area contributed by atoms with Crippen molar-refractivity contribution in [3.05, 3.63) is 23.8 Å². The van der Waals surface area contributed by atoms with Crippen LogP contribution in [-0.2, 0) is 14.1 Å². The molecule has 1 heterocycles. The average Bonchev–Trinajstić information content (AvgIpc) is 2.66. The Labute approximate surface area is 143 Å². The molecule has 2 amide bonds. The van der Waals surface area contributed by atoms with E-state index in [9.17, 15) is 9.59 Å². The molecule has 1 aliphatic rings. The third kappa shape index (κ3) is 3.47. The zero-order valence-electron chi connectivity index (χ0n) is 15.4. The fraction of sp³-hybridized carbons (Fsp3) is 0.529. The highest BCUT2D eigenvalue weighted by Crippen LogP contribution is 2.36. The molecule has 1 aliphatic heterocycles. The minimum Gasteiger partial charge on any atom is -0.399 e. The molecule has 2 rings (SSSR count). The summed E-state index contributed by atoms with van der Waals surface area (Å²) in [5.74, 6) is -0.423. The summed E-state index contributed by atoms with van der Waals surface area (Å²) < 4.78 is 12.1. The van der Waals surface area contributed by atoms with Crippen LogP contribution in [0.25, 0.3) is 0 Å². The molecule has 0 radical (unpaired) electrons. The number of hydrogen-bond donors (Lipinski definition) is 1. The van der Waals surface area contributed by atoms with Crippen LogP contribution in [0.2, 0.25) is 0 Å². The van der Waals surface area contributed by atoms with Gasteiger partial charge in [0.2, 0.25) is 5.91 Å². The van der Waals surface area contributed by atoms with E-state index in [1.165, 1.54) is 11.8 Å². The summed E-state index contributed by atoms with van der Waals surface area (Å²) in [4.78, 5) is 25.3. The van der Waals surface area contributed by atoms with E-state index in [2.05, 4.69) is 5.32 Å². The molecule has 130 valence electrons. The number of carbonyl (C=O) groups excluding carboxylic acids is 2. The number of nitrogens with one attached hydrogen (secondary N) is 1. The number of anilines is 1. The van der Waals surface area contributed by atoms with Gasteiger partial charge < -0.3 is 19.5 Å². The van der Waals surface area contributed by atoms with Crippen LogP contribution >= 0.6 is 0 Å². The molecule has 1 aromatic rings. The quantitative estimate of drug-likeness (QED) is 0.855. The average molecular weight is 332 g/mol. The monoisotopic (exact) mass is 332 g/mol. The summed E-state index contributed by atoms with van der Waals surface area (Å²) in [6.45, 7) is 9.32. The van der Waals surface area contributed by atoms with Crippen molar-refractivity contribution < 1.29 is 18.9 Å². The molecule has 6 nitrogen and oxygen atoms in total. The topological polar surface area (TPSA) is 67.9 Å². The highest BCUT2D eigenvalue weighted by Gasteiger charge is 2.51. The Morgan fingerprint density at radius 3 is 2.08 bits per heavy atom. The molecular formula is C17H25BN2O4. The first kappa shape index (κ1) is 18.5. The standard InChI is InChI=1S/C17H25BN2O4/c1-11(21)19-14-10-12(8-9-13(14)15(22)20(6)7)18-23-16(2,3)17(4,5)24-18/h8-10H,1-7H3,(H,19,21). The lowest BCUT2D eigenvalue weighted by molar-refractivity contribution is -0.114. The molecule has 1 saturated heterocycles. The number of nitrogens with zero attached hydrogens (tertiary/aromatic N) is 1. The van der Waals surface area contributed by atoms with Crippen molar-refractivity contribution in [1.82, 2.24) is 4.90 Å². The van der Waals surface area contributed by atoms with Crippen molar-refractivity contribution in [3.63, 3.8) is 0 Å². The number of carbonyl (C=O) groups is 2. The molecule has 1 aromatic carbocycles. The van der Waals surface area contributed by atoms with Gasteiger partial charge in [-0.1, -0.05) is 6.07 Å². The van der Waals surface area contributed by atoms with E-state index >= 15 is 0 Å². The van der Waals surface area contributed by atoms with Crippen LogP contribution in [0.1, 0.15) is 45.0 Å². The Morgan fingerprint density at radius 1 is 1.08 bits per heavy atom. The van der Waals surface area contributed by atoms with Crippen LogP contribution in [-0.4, -0.2) is 49.1 Å². The van der Waals surface area contributed by atoms with Gasteiger partial charge in [0.25, 0.3) is 5.91 Å². The van der Waals surface area contributed by atoms with Crippen LogP contribution in [0.4, 0.5) is 5.69 Å². The molecule has 0 unspecified atom stereocenters. The zero-order valence-corrected chi connectivity index (χ0v) is 15.4. The van der Waals surface area contributed by atoms with Crippen molar-refractivity contribution in [1.29, 1.82) is 0 Å². The van der Waals surface area contributed by atoms with Crippen LogP contribution < -0.4 is 10.8 Å². The molecule has 1 N–H and O–H groups in total. The first-order valence-electron chi connectivity index (χ1n) is 7.93. The van der Waals surface area contributed by atoms with Crippen molar-refractivity contribution in [2.24, 2.45) is 0 Å². The summed E-state index contributed by atoms with van der Waals surface area (Å²) in [5.41, 5.74) is 0.727. The molecule has 24 heavy (non-hydrogen) atoms. The van der Waals surface area contributed by atoms with E-state index in [4.69, 9.17) is 9.31 Å². The molecule has 1 fully saturated rings. The van der Waals surface area contributed by atoms with Crippen LogP contribution in [0.15, 0.2) is 18.2 Å². The summed E-state index contributed by atoms with van der Waals surface area (Å²) >= 11 is 0. The van der Waals surface area contributed by atoms with Gasteiger partial charge >= 0.3 is 7.12 Å². The second kappa shape index (κ2) is 6.22. The summed E-state index contributed by atoms with van der Waals surface area (Å²) in [7, 11) is 2.79. The molecule has 7 heteroatoms. The predicted octanol–water partition coefficient (Wildman–Crippen LogP) is 1.65. The number of amides is 2. The molecule has 0 atom stereocenters. The molecular weight excluding hydrogens is 307 g/mol. The number of hydrogen-bond acceptors (Lipinski definition) is 4. The Balaban J connectivity index is 2.40. The van der Waals surface area contributed by atoms with Crippen LogP contribution in [0.3, 0.4) is 0 Å². The first-order chi connectivity index (χ1) is 10.9. The zero-order chi connectivity index (χ0) is 18.3. The predicted molar refractivity (Wildman–Crippen MR) is 94.5 cm³/mol. The fourth-order valence-electron chi connectivity index (χ4n) is 2.41. The maximum absolute atomic E-state index is 12.3. The van der Waals surface area contributed by atoms with Crippen molar-refractivity contribution >= 4 is 30.1 Å². The van der Waals surface area contributed by atoms with E-state index in [-0.39, 0.29) is 11.8 Å². The van der Waals surface area contributed by atoms with Gasteiger partial charge in [-0.15, -0.1) is 0 Å². The lowest BCUT2D eigenvalue weighted by Crippen LogP contribution is -2.41. The van der Waals surface area contributed by atoms with Crippen LogP contribution in [0, 0.1) is 0 Å². The Hall–Kier alpha value is -1.86. The van der Waals surface area contributed by atoms with Gasteiger partial charge in [0.1, 0.15) is 0 Å². The lowest BCUT2D eigenvalue weighted by Gasteiger charge is -2.32. The first-order valence-corrected chi connectivity index (χ1v) is 7.93. The minimum atomic E-state index is -0.550. The van der Waals surface area contributed by atoms with E-state index in [0.717, 1.165) is 5.46 Å². The normalized spacial score (nSPS) is 18.4. The molecule has 0 aliphatic carbocycles. The van der Waals surface area contributed by atoms with E-state index in [0.29, 0.717) is 11.3 Å². The summed E-state index contributed by atoms with van der Waals surface area (Å²) in [6, 6.07) is 5.22. The highest BCUT2D eigenvalue weighted by molar-refractivity contribution is 6.62. The van der Waals surface area contributed by atoms with Gasteiger partial charge in [0, 0.05) is 21.0 Å². The second-order valence-electron chi connectivity index (χ2n) is 7.27. The van der Waals surface area contributed by atoms with Gasteiger partial charge in [0.05, 0.1) is 22.5 Å². The van der Waals surface area contributed by atoms with Crippen molar-refractivity contribution in [3.8, 4) is 0 Å². The van der Waals surface area contributed by atoms with Crippen molar-refractivity contribution in [2.45, 2.75) is 45.8 Å². The van der Waals surface area contributed by atoms with Gasteiger partial charge in [-0.25, -0.2) is 0 Å². The summed E-state index contributed by atoms with van der Waals surface area (Å²) in [5, 5.41) is 2.72. The Morgan fingerprint density at radius 2 is 1.62 bits per heavy atom. The third-order valence-corrected chi connectivity index (χ3v) is 4.52. The second-order valence-corrected chi connectivity index (χ2v) is 7.27. The third-order valence-electron chi connectivity index (χ3n) is 4.52. The Kier molecular flexibility index (Phi) is 4.79. The maximum Gasteiger partial charge on any atom is 0.494 e. The van der Waals surface area contributed by atoms with Crippen molar-refractivity contribution in [2.75, 3.05) is 19.4 Å². The fourth-order valence-corrected chi connectivity index (χ4v) is 2.41. The Bertz CT molecular complexity index is 655. The molecule has 0 spiro atoms. The van der Waals surface area contributed by atoms with Gasteiger partial charge in [-0.2, -0.15) is 0 Å². The number of benzene rings is 1. The van der Waals surface area contributed by atoms with Gasteiger partial charge in [-0.3, -0.25) is 9.59 Å². The summed E-state index contributed by atoms with van der Waals surface area (Å²) in [6.07, 6.45) is 0. The lowest BCUT2D eigenvalue weighted by atomic mass is 9.78. The van der Waals surface area contributed by atoms with Crippen LogP contribution in [0.5, 0.6) is 0 Å². The molecule has 0 aromatic heterocycles. The number of rotatable bonds is 3. The minimum absolute atomic E-state index is 0.181. The maximum atomic E-state index is 12.3. The van der Waals surface area contributed by atoms with E-state index < -0.39 is 18.3 Å². The smallest absolute Gasteiger partial charge is 0.399 e.